The Balaban J connectivity index is 1.90. The van der Waals surface area contributed by atoms with Crippen molar-refractivity contribution < 1.29 is 0 Å². The molecule has 114 valence electrons. The van der Waals surface area contributed by atoms with E-state index in [1.807, 2.05) is 30.3 Å². The minimum atomic E-state index is 0.288. The van der Waals surface area contributed by atoms with E-state index in [0.29, 0.717) is 5.82 Å². The zero-order valence-corrected chi connectivity index (χ0v) is 12.6. The lowest BCUT2D eigenvalue weighted by molar-refractivity contribution is 0.479. The molecule has 1 saturated heterocycles. The molecule has 2 N–H and O–H groups in total. The minimum Gasteiger partial charge on any atom is -0.382 e. The Morgan fingerprint density at radius 1 is 1.22 bits per heavy atom. The van der Waals surface area contributed by atoms with Gasteiger partial charge in [0.2, 0.25) is 0 Å². The topological polar surface area (TPSA) is 83.8 Å². The average molecular weight is 304 g/mol. The fraction of sp³-hybridized carbons (Fsp3) is 0.235. The molecule has 6 heteroatoms. The van der Waals surface area contributed by atoms with Crippen molar-refractivity contribution in [3.05, 3.63) is 48.4 Å². The first kappa shape index (κ1) is 13.6. The first-order valence-electron chi connectivity index (χ1n) is 7.59. The van der Waals surface area contributed by atoms with Crippen molar-refractivity contribution in [1.82, 2.24) is 19.4 Å². The SMILES string of the molecule is N#CN1CCC(c2cn(-c3ccccc3)c3c(N)ncnc23)C1. The summed E-state index contributed by atoms with van der Waals surface area (Å²) in [6.07, 6.45) is 6.78. The van der Waals surface area contributed by atoms with Crippen LogP contribution in [0.15, 0.2) is 42.9 Å². The minimum absolute atomic E-state index is 0.288. The van der Waals surface area contributed by atoms with Gasteiger partial charge in [-0.1, -0.05) is 18.2 Å². The van der Waals surface area contributed by atoms with Gasteiger partial charge in [-0.15, -0.1) is 0 Å². The molecular formula is C17H16N6. The molecule has 0 radical (unpaired) electrons. The molecule has 1 atom stereocenters. The van der Waals surface area contributed by atoms with Crippen molar-refractivity contribution in [1.29, 1.82) is 5.26 Å². The highest BCUT2D eigenvalue weighted by molar-refractivity contribution is 5.90. The van der Waals surface area contributed by atoms with Gasteiger partial charge in [0, 0.05) is 36.5 Å². The number of nitrogen functional groups attached to an aromatic ring is 1. The van der Waals surface area contributed by atoms with Crippen molar-refractivity contribution in [2.75, 3.05) is 18.8 Å². The van der Waals surface area contributed by atoms with Crippen LogP contribution in [0.4, 0.5) is 5.82 Å². The van der Waals surface area contributed by atoms with Crippen LogP contribution in [0.2, 0.25) is 0 Å². The summed E-state index contributed by atoms with van der Waals surface area (Å²) in [6, 6.07) is 10.0. The normalized spacial score (nSPS) is 17.5. The highest BCUT2D eigenvalue weighted by Gasteiger charge is 2.27. The Kier molecular flexibility index (Phi) is 3.12. The molecule has 1 aliphatic rings. The molecule has 2 aromatic heterocycles. The molecule has 0 aliphatic carbocycles. The van der Waals surface area contributed by atoms with Gasteiger partial charge in [0.25, 0.3) is 0 Å². The largest absolute Gasteiger partial charge is 0.382 e. The Labute approximate surface area is 133 Å². The standard InChI is InChI=1S/C17H16N6/c18-10-22-7-6-12(8-22)14-9-23(13-4-2-1-3-5-13)16-15(14)20-11-21-17(16)19/h1-5,9,11-12H,6-8H2,(H2,19,20,21). The number of nitrogens with two attached hydrogens (primary N) is 1. The number of fused-ring (bicyclic) bond motifs is 1. The summed E-state index contributed by atoms with van der Waals surface area (Å²) in [5.41, 5.74) is 10.0. The van der Waals surface area contributed by atoms with E-state index in [0.717, 1.165) is 41.8 Å². The first-order valence-corrected chi connectivity index (χ1v) is 7.59. The van der Waals surface area contributed by atoms with Gasteiger partial charge in [0.1, 0.15) is 11.8 Å². The van der Waals surface area contributed by atoms with Crippen molar-refractivity contribution in [2.24, 2.45) is 0 Å². The summed E-state index contributed by atoms with van der Waals surface area (Å²) in [4.78, 5) is 10.4. The molecule has 23 heavy (non-hydrogen) atoms. The van der Waals surface area contributed by atoms with E-state index in [1.54, 1.807) is 4.90 Å². The second-order valence-electron chi connectivity index (χ2n) is 5.78. The predicted molar refractivity (Wildman–Crippen MR) is 87.8 cm³/mol. The zero-order valence-electron chi connectivity index (χ0n) is 12.6. The van der Waals surface area contributed by atoms with Gasteiger partial charge in [0.15, 0.2) is 12.0 Å². The van der Waals surface area contributed by atoms with Crippen LogP contribution in [0.5, 0.6) is 0 Å². The molecule has 1 aromatic carbocycles. The number of hydrogen-bond donors (Lipinski definition) is 1. The number of hydrogen-bond acceptors (Lipinski definition) is 5. The Hall–Kier alpha value is -3.07. The van der Waals surface area contributed by atoms with E-state index < -0.39 is 0 Å². The Bertz CT molecular complexity index is 893. The molecule has 1 fully saturated rings. The monoisotopic (exact) mass is 304 g/mol. The molecular weight excluding hydrogens is 288 g/mol. The zero-order chi connectivity index (χ0) is 15.8. The first-order chi connectivity index (χ1) is 11.3. The average Bonchev–Trinajstić information content (AvgIpc) is 3.20. The van der Waals surface area contributed by atoms with Crippen molar-refractivity contribution in [2.45, 2.75) is 12.3 Å². The van der Waals surface area contributed by atoms with Crippen LogP contribution in [-0.4, -0.2) is 32.5 Å². The lowest BCUT2D eigenvalue weighted by Crippen LogP contribution is -2.12. The fourth-order valence-corrected chi connectivity index (χ4v) is 3.30. The number of rotatable bonds is 2. The Morgan fingerprint density at radius 3 is 2.78 bits per heavy atom. The second kappa shape index (κ2) is 5.29. The van der Waals surface area contributed by atoms with Crippen LogP contribution in [0, 0.1) is 11.5 Å². The van der Waals surface area contributed by atoms with E-state index in [-0.39, 0.29) is 5.92 Å². The third-order valence-corrected chi connectivity index (χ3v) is 4.44. The second-order valence-corrected chi connectivity index (χ2v) is 5.78. The molecule has 6 nitrogen and oxygen atoms in total. The number of nitrogens with zero attached hydrogens (tertiary/aromatic N) is 5. The molecule has 0 bridgehead atoms. The molecule has 3 aromatic rings. The van der Waals surface area contributed by atoms with Crippen LogP contribution in [-0.2, 0) is 0 Å². The summed E-state index contributed by atoms with van der Waals surface area (Å²) < 4.78 is 2.05. The number of likely N-dealkylation sites (tertiary alicyclic amines) is 1. The van der Waals surface area contributed by atoms with E-state index in [4.69, 9.17) is 11.0 Å². The highest BCUT2D eigenvalue weighted by atomic mass is 15.1. The van der Waals surface area contributed by atoms with Gasteiger partial charge in [0.05, 0.1) is 5.52 Å². The predicted octanol–water partition coefficient (Wildman–Crippen LogP) is 2.27. The van der Waals surface area contributed by atoms with Gasteiger partial charge >= 0.3 is 0 Å². The van der Waals surface area contributed by atoms with Gasteiger partial charge in [-0.05, 0) is 18.6 Å². The lowest BCUT2D eigenvalue weighted by Gasteiger charge is -2.08. The summed E-state index contributed by atoms with van der Waals surface area (Å²) >= 11 is 0. The quantitative estimate of drug-likeness (QED) is 0.734. The number of aromatic nitrogens is 3. The van der Waals surface area contributed by atoms with Crippen LogP contribution in [0.1, 0.15) is 17.9 Å². The summed E-state index contributed by atoms with van der Waals surface area (Å²) in [5.74, 6) is 0.761. The molecule has 0 spiro atoms. The van der Waals surface area contributed by atoms with Gasteiger partial charge in [-0.25, -0.2) is 9.97 Å². The maximum atomic E-state index is 9.10. The van der Waals surface area contributed by atoms with Crippen molar-refractivity contribution in [3.8, 4) is 11.9 Å². The molecule has 4 rings (SSSR count). The third-order valence-electron chi connectivity index (χ3n) is 4.44. The highest BCUT2D eigenvalue weighted by Crippen LogP contribution is 2.35. The Morgan fingerprint density at radius 2 is 2.04 bits per heavy atom. The molecule has 1 aliphatic heterocycles. The molecule has 0 saturated carbocycles. The number of para-hydroxylation sites is 1. The van der Waals surface area contributed by atoms with Crippen LogP contribution in [0.25, 0.3) is 16.7 Å². The van der Waals surface area contributed by atoms with Gasteiger partial charge in [-0.3, -0.25) is 0 Å². The van der Waals surface area contributed by atoms with Crippen molar-refractivity contribution in [3.63, 3.8) is 0 Å². The number of nitriles is 1. The molecule has 0 amide bonds. The van der Waals surface area contributed by atoms with Crippen LogP contribution in [0.3, 0.4) is 0 Å². The van der Waals surface area contributed by atoms with E-state index >= 15 is 0 Å². The van der Waals surface area contributed by atoms with Crippen LogP contribution >= 0.6 is 0 Å². The summed E-state index contributed by atoms with van der Waals surface area (Å²) in [5, 5.41) is 9.10. The van der Waals surface area contributed by atoms with E-state index in [2.05, 4.69) is 26.9 Å². The number of benzene rings is 1. The van der Waals surface area contributed by atoms with Crippen LogP contribution < -0.4 is 5.73 Å². The summed E-state index contributed by atoms with van der Waals surface area (Å²) in [7, 11) is 0. The smallest absolute Gasteiger partial charge is 0.179 e. The van der Waals surface area contributed by atoms with E-state index in [9.17, 15) is 0 Å². The van der Waals surface area contributed by atoms with Gasteiger partial charge < -0.3 is 15.2 Å². The number of anilines is 1. The maximum absolute atomic E-state index is 9.10. The van der Waals surface area contributed by atoms with Gasteiger partial charge in [-0.2, -0.15) is 5.26 Å². The summed E-state index contributed by atoms with van der Waals surface area (Å²) in [6.45, 7) is 1.52. The fourth-order valence-electron chi connectivity index (χ4n) is 3.30. The van der Waals surface area contributed by atoms with Crippen molar-refractivity contribution >= 4 is 16.9 Å². The third kappa shape index (κ3) is 2.18. The van der Waals surface area contributed by atoms with E-state index in [1.165, 1.54) is 6.33 Å². The lowest BCUT2D eigenvalue weighted by atomic mass is 10.0. The maximum Gasteiger partial charge on any atom is 0.179 e. The molecule has 3 heterocycles. The molecule has 1 unspecified atom stereocenters.